The zero-order valence-corrected chi connectivity index (χ0v) is 10.8. The van der Waals surface area contributed by atoms with Crippen molar-refractivity contribution in [2.75, 3.05) is 12.8 Å². The summed E-state index contributed by atoms with van der Waals surface area (Å²) < 4.78 is 0.225. The molecule has 1 saturated carbocycles. The van der Waals surface area contributed by atoms with Crippen LogP contribution in [0.5, 0.6) is 0 Å². The van der Waals surface area contributed by atoms with E-state index in [-0.39, 0.29) is 17.1 Å². The summed E-state index contributed by atoms with van der Waals surface area (Å²) in [5.74, 6) is -1.11. The van der Waals surface area contributed by atoms with Crippen LogP contribution in [0, 0.1) is 5.41 Å². The molecule has 0 heterocycles. The third-order valence-corrected chi connectivity index (χ3v) is 4.45. The molecule has 92 valence electrons. The second kappa shape index (κ2) is 4.65. The van der Waals surface area contributed by atoms with Crippen molar-refractivity contribution < 1.29 is 14.7 Å². The fourth-order valence-electron chi connectivity index (χ4n) is 1.39. The molecule has 5 heteroatoms. The monoisotopic (exact) mass is 245 g/mol. The maximum Gasteiger partial charge on any atom is 0.309 e. The molecule has 0 aromatic heterocycles. The first-order chi connectivity index (χ1) is 7.31. The molecular formula is C11H19NO3S. The fourth-order valence-corrected chi connectivity index (χ4v) is 2.12. The average molecular weight is 245 g/mol. The van der Waals surface area contributed by atoms with E-state index >= 15 is 0 Å². The Labute approximate surface area is 100 Å². The molecule has 0 unspecified atom stereocenters. The average Bonchev–Trinajstić information content (AvgIpc) is 2.94. The molecule has 0 atom stereocenters. The standard InChI is InChI=1S/C11H19NO3S/c1-10(2,9(14)15)6-8(13)12-7-11(16-3)4-5-11/h4-7H2,1-3H3,(H,12,13)(H,14,15). The molecule has 16 heavy (non-hydrogen) atoms. The molecule has 0 aliphatic heterocycles. The molecule has 0 aromatic rings. The van der Waals surface area contributed by atoms with Crippen LogP contribution in [0.2, 0.25) is 0 Å². The van der Waals surface area contributed by atoms with Crippen LogP contribution < -0.4 is 5.32 Å². The number of amides is 1. The van der Waals surface area contributed by atoms with Crippen LogP contribution in [0.1, 0.15) is 33.1 Å². The molecule has 0 aromatic carbocycles. The summed E-state index contributed by atoms with van der Waals surface area (Å²) in [4.78, 5) is 22.4. The van der Waals surface area contributed by atoms with Gasteiger partial charge >= 0.3 is 5.97 Å². The molecule has 1 rings (SSSR count). The Balaban J connectivity index is 2.34. The minimum absolute atomic E-state index is 0.0345. The maximum absolute atomic E-state index is 11.6. The van der Waals surface area contributed by atoms with E-state index in [9.17, 15) is 9.59 Å². The van der Waals surface area contributed by atoms with Crippen LogP contribution in [-0.2, 0) is 9.59 Å². The van der Waals surface area contributed by atoms with Gasteiger partial charge in [0.1, 0.15) is 0 Å². The van der Waals surface area contributed by atoms with Crippen molar-refractivity contribution in [2.24, 2.45) is 5.41 Å². The van der Waals surface area contributed by atoms with Crippen LogP contribution in [0.4, 0.5) is 0 Å². The fraction of sp³-hybridized carbons (Fsp3) is 0.818. The SMILES string of the molecule is CSC1(CNC(=O)CC(C)(C)C(=O)O)CC1. The predicted molar refractivity (Wildman–Crippen MR) is 64.5 cm³/mol. The highest BCUT2D eigenvalue weighted by atomic mass is 32.2. The summed E-state index contributed by atoms with van der Waals surface area (Å²) in [5.41, 5.74) is -0.986. The van der Waals surface area contributed by atoms with Gasteiger partial charge < -0.3 is 10.4 Å². The van der Waals surface area contributed by atoms with Gasteiger partial charge in [0.15, 0.2) is 0 Å². The summed E-state index contributed by atoms with van der Waals surface area (Å²) in [7, 11) is 0. The lowest BCUT2D eigenvalue weighted by molar-refractivity contribution is -0.149. The highest BCUT2D eigenvalue weighted by molar-refractivity contribution is 8.00. The molecule has 1 fully saturated rings. The van der Waals surface area contributed by atoms with Crippen molar-refractivity contribution in [3.05, 3.63) is 0 Å². The van der Waals surface area contributed by atoms with Crippen molar-refractivity contribution in [2.45, 2.75) is 37.9 Å². The number of nitrogens with one attached hydrogen (secondary N) is 1. The van der Waals surface area contributed by atoms with Gasteiger partial charge in [-0.2, -0.15) is 11.8 Å². The Morgan fingerprint density at radius 1 is 1.44 bits per heavy atom. The normalized spacial score (nSPS) is 17.9. The van der Waals surface area contributed by atoms with Gasteiger partial charge in [-0.25, -0.2) is 0 Å². The van der Waals surface area contributed by atoms with Gasteiger partial charge in [-0.15, -0.1) is 0 Å². The third kappa shape index (κ3) is 3.40. The minimum atomic E-state index is -0.986. The van der Waals surface area contributed by atoms with E-state index in [1.54, 1.807) is 25.6 Å². The van der Waals surface area contributed by atoms with Crippen molar-refractivity contribution in [3.63, 3.8) is 0 Å². The smallest absolute Gasteiger partial charge is 0.309 e. The Morgan fingerprint density at radius 3 is 2.38 bits per heavy atom. The van der Waals surface area contributed by atoms with Gasteiger partial charge in [0.2, 0.25) is 5.91 Å². The number of hydrogen-bond donors (Lipinski definition) is 2. The molecule has 1 amide bonds. The van der Waals surface area contributed by atoms with Crippen molar-refractivity contribution in [3.8, 4) is 0 Å². The number of aliphatic carboxylic acids is 1. The van der Waals surface area contributed by atoms with Gasteiger partial charge in [-0.1, -0.05) is 0 Å². The van der Waals surface area contributed by atoms with E-state index in [4.69, 9.17) is 5.11 Å². The minimum Gasteiger partial charge on any atom is -0.481 e. The first kappa shape index (κ1) is 13.4. The van der Waals surface area contributed by atoms with Crippen LogP contribution in [0.3, 0.4) is 0 Å². The second-order valence-electron chi connectivity index (χ2n) is 5.03. The van der Waals surface area contributed by atoms with E-state index in [0.29, 0.717) is 6.54 Å². The Hall–Kier alpha value is -0.710. The zero-order valence-electron chi connectivity index (χ0n) is 10.0. The van der Waals surface area contributed by atoms with Crippen molar-refractivity contribution in [1.82, 2.24) is 5.32 Å². The molecule has 1 aliphatic carbocycles. The highest BCUT2D eigenvalue weighted by Gasteiger charge is 2.42. The first-order valence-electron chi connectivity index (χ1n) is 5.37. The third-order valence-electron chi connectivity index (χ3n) is 3.03. The molecule has 2 N–H and O–H groups in total. The molecular weight excluding hydrogens is 226 g/mol. The van der Waals surface area contributed by atoms with Gasteiger partial charge in [0, 0.05) is 17.7 Å². The second-order valence-corrected chi connectivity index (χ2v) is 6.30. The number of carbonyl (C=O) groups is 2. The summed E-state index contributed by atoms with van der Waals surface area (Å²) >= 11 is 1.77. The predicted octanol–water partition coefficient (Wildman–Crippen LogP) is 1.50. The Kier molecular flexibility index (Phi) is 3.88. The largest absolute Gasteiger partial charge is 0.481 e. The number of carboxylic acids is 1. The number of carboxylic acid groups (broad SMARTS) is 1. The molecule has 0 bridgehead atoms. The lowest BCUT2D eigenvalue weighted by Gasteiger charge is -2.19. The number of carbonyl (C=O) groups excluding carboxylic acids is 1. The van der Waals surface area contributed by atoms with Gasteiger partial charge in [-0.05, 0) is 32.9 Å². The molecule has 1 aliphatic rings. The lowest BCUT2D eigenvalue weighted by atomic mass is 9.89. The van der Waals surface area contributed by atoms with Crippen molar-refractivity contribution >= 4 is 23.6 Å². The topological polar surface area (TPSA) is 66.4 Å². The molecule has 0 spiro atoms. The van der Waals surface area contributed by atoms with E-state index < -0.39 is 11.4 Å². The van der Waals surface area contributed by atoms with E-state index in [2.05, 4.69) is 5.32 Å². The number of hydrogen-bond acceptors (Lipinski definition) is 3. The molecule has 0 saturated heterocycles. The molecule has 0 radical (unpaired) electrons. The van der Waals surface area contributed by atoms with Crippen LogP contribution in [0.15, 0.2) is 0 Å². The van der Waals surface area contributed by atoms with Crippen LogP contribution >= 0.6 is 11.8 Å². The maximum atomic E-state index is 11.6. The Morgan fingerprint density at radius 2 is 2.00 bits per heavy atom. The van der Waals surface area contributed by atoms with Crippen LogP contribution in [-0.4, -0.2) is 34.5 Å². The van der Waals surface area contributed by atoms with Gasteiger partial charge in [0.05, 0.1) is 5.41 Å². The van der Waals surface area contributed by atoms with Gasteiger partial charge in [-0.3, -0.25) is 9.59 Å². The summed E-state index contributed by atoms with van der Waals surface area (Å²) in [6.07, 6.45) is 4.35. The van der Waals surface area contributed by atoms with Gasteiger partial charge in [0.25, 0.3) is 0 Å². The highest BCUT2D eigenvalue weighted by Crippen LogP contribution is 2.46. The van der Waals surface area contributed by atoms with E-state index in [1.807, 2.05) is 6.26 Å². The summed E-state index contributed by atoms with van der Waals surface area (Å²) in [5, 5.41) is 11.7. The number of rotatable bonds is 6. The molecule has 4 nitrogen and oxygen atoms in total. The zero-order chi connectivity index (χ0) is 12.4. The van der Waals surface area contributed by atoms with Crippen molar-refractivity contribution in [1.29, 1.82) is 0 Å². The number of thioether (sulfide) groups is 1. The first-order valence-corrected chi connectivity index (χ1v) is 6.59. The quantitative estimate of drug-likeness (QED) is 0.744. The lowest BCUT2D eigenvalue weighted by Crippen LogP contribution is -2.36. The van der Waals surface area contributed by atoms with E-state index in [0.717, 1.165) is 12.8 Å². The van der Waals surface area contributed by atoms with E-state index in [1.165, 1.54) is 0 Å². The summed E-state index contributed by atoms with van der Waals surface area (Å²) in [6.45, 7) is 3.79. The van der Waals surface area contributed by atoms with Crippen LogP contribution in [0.25, 0.3) is 0 Å². The Bertz CT molecular complexity index is 298. The summed E-state index contributed by atoms with van der Waals surface area (Å²) in [6, 6.07) is 0.